The van der Waals surface area contributed by atoms with Crippen LogP contribution in [0.1, 0.15) is 18.4 Å². The smallest absolute Gasteiger partial charge is 0.204 e. The number of phenolic OH excluding ortho intramolecular Hbond substituents is 1. The number of hydrogen-bond donors (Lipinski definition) is 1. The van der Waals surface area contributed by atoms with Gasteiger partial charge in [0.15, 0.2) is 16.8 Å². The fraction of sp³-hybridized carbons (Fsp3) is 0.192. The second kappa shape index (κ2) is 9.80. The molecule has 0 aliphatic heterocycles. The summed E-state index contributed by atoms with van der Waals surface area (Å²) in [6, 6.07) is 23.2. The van der Waals surface area contributed by atoms with Crippen LogP contribution in [0.4, 0.5) is 0 Å². The molecular weight excluding hydrogens is 407 g/mol. The van der Waals surface area contributed by atoms with Gasteiger partial charge in [-0.1, -0.05) is 63.2 Å². The Balaban J connectivity index is 1.42. The van der Waals surface area contributed by atoms with Gasteiger partial charge in [-0.2, -0.15) is 0 Å². The minimum atomic E-state index is -0.169. The zero-order chi connectivity index (χ0) is 21.6. The second-order valence-electron chi connectivity index (χ2n) is 7.42. The standard InChI is InChI=1S/C26H25O4P/c1-29-26-22(27)15-14-21-23(28)17-24(30-25(21)26)19-12-10-18(11-13-19)7-5-6-16-31-20-8-3-2-4-9-20/h2-4,8-15,17,27,31H,5-7,16H2,1H3. The molecule has 3 aromatic carbocycles. The fourth-order valence-electron chi connectivity index (χ4n) is 3.60. The second-order valence-corrected chi connectivity index (χ2v) is 8.85. The lowest BCUT2D eigenvalue weighted by Gasteiger charge is -2.09. The Morgan fingerprint density at radius 1 is 0.968 bits per heavy atom. The molecule has 1 atom stereocenters. The molecule has 0 bridgehead atoms. The summed E-state index contributed by atoms with van der Waals surface area (Å²) in [5.74, 6) is 0.569. The van der Waals surface area contributed by atoms with Crippen LogP contribution in [0.5, 0.6) is 11.5 Å². The van der Waals surface area contributed by atoms with Crippen molar-refractivity contribution in [2.45, 2.75) is 19.3 Å². The van der Waals surface area contributed by atoms with Crippen LogP contribution in [-0.4, -0.2) is 18.4 Å². The molecule has 158 valence electrons. The van der Waals surface area contributed by atoms with Crippen molar-refractivity contribution in [3.05, 3.63) is 88.6 Å². The first-order valence-corrected chi connectivity index (χ1v) is 11.6. The van der Waals surface area contributed by atoms with Gasteiger partial charge in [-0.05, 0) is 48.4 Å². The normalized spacial score (nSPS) is 11.4. The number of phenols is 1. The maximum Gasteiger partial charge on any atom is 0.204 e. The molecule has 1 aromatic heterocycles. The maximum atomic E-state index is 12.5. The summed E-state index contributed by atoms with van der Waals surface area (Å²) in [4.78, 5) is 12.5. The van der Waals surface area contributed by atoms with Gasteiger partial charge < -0.3 is 14.3 Å². The molecule has 0 spiro atoms. The van der Waals surface area contributed by atoms with E-state index in [1.807, 2.05) is 12.1 Å². The van der Waals surface area contributed by atoms with Crippen molar-refractivity contribution < 1.29 is 14.3 Å². The lowest BCUT2D eigenvalue weighted by atomic mass is 10.0. The summed E-state index contributed by atoms with van der Waals surface area (Å²) in [5.41, 5.74) is 2.18. The molecule has 0 radical (unpaired) electrons. The van der Waals surface area contributed by atoms with E-state index in [-0.39, 0.29) is 22.5 Å². The SMILES string of the molecule is COc1c(O)ccc2c(=O)cc(-c3ccc(CCCCPc4ccccc4)cc3)oc12. The van der Waals surface area contributed by atoms with E-state index in [2.05, 4.69) is 42.5 Å². The summed E-state index contributed by atoms with van der Waals surface area (Å²) in [6.45, 7) is 0. The average Bonchev–Trinajstić information content (AvgIpc) is 2.80. The highest BCUT2D eigenvalue weighted by Gasteiger charge is 2.14. The molecule has 0 saturated heterocycles. The molecule has 1 N–H and O–H groups in total. The number of benzene rings is 3. The van der Waals surface area contributed by atoms with E-state index >= 15 is 0 Å². The number of ether oxygens (including phenoxy) is 1. The van der Waals surface area contributed by atoms with Gasteiger partial charge in [0.05, 0.1) is 12.5 Å². The molecule has 0 aliphatic rings. The monoisotopic (exact) mass is 432 g/mol. The summed E-state index contributed by atoms with van der Waals surface area (Å²) < 4.78 is 11.2. The number of fused-ring (bicyclic) bond motifs is 1. The molecule has 4 aromatic rings. The highest BCUT2D eigenvalue weighted by Crippen LogP contribution is 2.35. The van der Waals surface area contributed by atoms with Crippen molar-refractivity contribution in [1.29, 1.82) is 0 Å². The molecule has 0 aliphatic carbocycles. The molecule has 1 heterocycles. The van der Waals surface area contributed by atoms with E-state index in [0.717, 1.165) is 27.0 Å². The van der Waals surface area contributed by atoms with Crippen LogP contribution in [0.2, 0.25) is 0 Å². The molecule has 4 rings (SSSR count). The van der Waals surface area contributed by atoms with Crippen LogP contribution in [-0.2, 0) is 6.42 Å². The summed E-state index contributed by atoms with van der Waals surface area (Å²) >= 11 is 0. The minimum absolute atomic E-state index is 0.0569. The zero-order valence-electron chi connectivity index (χ0n) is 17.4. The van der Waals surface area contributed by atoms with Crippen molar-refractivity contribution in [2.75, 3.05) is 13.3 Å². The third-order valence-electron chi connectivity index (χ3n) is 5.27. The van der Waals surface area contributed by atoms with Crippen molar-refractivity contribution in [3.63, 3.8) is 0 Å². The Hall–Kier alpha value is -3.10. The molecule has 1 unspecified atom stereocenters. The third-order valence-corrected chi connectivity index (χ3v) is 6.61. The van der Waals surface area contributed by atoms with Gasteiger partial charge in [-0.15, -0.1) is 0 Å². The van der Waals surface area contributed by atoms with E-state index in [1.54, 1.807) is 6.07 Å². The Labute approximate surface area is 183 Å². The third kappa shape index (κ3) is 4.98. The molecule has 0 amide bonds. The molecule has 31 heavy (non-hydrogen) atoms. The van der Waals surface area contributed by atoms with Crippen LogP contribution < -0.4 is 15.5 Å². The highest BCUT2D eigenvalue weighted by atomic mass is 31.1. The van der Waals surface area contributed by atoms with Crippen LogP contribution in [0.3, 0.4) is 0 Å². The largest absolute Gasteiger partial charge is 0.504 e. The fourth-order valence-corrected chi connectivity index (χ4v) is 4.75. The van der Waals surface area contributed by atoms with Crippen molar-refractivity contribution >= 4 is 24.9 Å². The van der Waals surface area contributed by atoms with E-state index in [4.69, 9.17) is 9.15 Å². The molecular formula is C26H25O4P. The van der Waals surface area contributed by atoms with Gasteiger partial charge in [0.1, 0.15) is 5.76 Å². The predicted octanol–water partition coefficient (Wildman–Crippen LogP) is 5.50. The first-order valence-electron chi connectivity index (χ1n) is 10.4. The first-order chi connectivity index (χ1) is 15.2. The maximum absolute atomic E-state index is 12.5. The topological polar surface area (TPSA) is 59.7 Å². The Kier molecular flexibility index (Phi) is 6.69. The van der Waals surface area contributed by atoms with E-state index in [1.165, 1.54) is 42.7 Å². The van der Waals surface area contributed by atoms with Crippen LogP contribution in [0, 0.1) is 0 Å². The molecule has 4 nitrogen and oxygen atoms in total. The molecule has 0 fully saturated rings. The van der Waals surface area contributed by atoms with E-state index in [9.17, 15) is 9.90 Å². The summed E-state index contributed by atoms with van der Waals surface area (Å²) in [5, 5.41) is 11.8. The Morgan fingerprint density at radius 2 is 1.74 bits per heavy atom. The summed E-state index contributed by atoms with van der Waals surface area (Å²) in [6.07, 6.45) is 4.61. The first kappa shape index (κ1) is 21.1. The van der Waals surface area contributed by atoms with Crippen molar-refractivity contribution in [2.24, 2.45) is 0 Å². The van der Waals surface area contributed by atoms with Gasteiger partial charge >= 0.3 is 0 Å². The zero-order valence-corrected chi connectivity index (χ0v) is 18.4. The number of aryl methyl sites for hydroxylation is 1. The van der Waals surface area contributed by atoms with Crippen molar-refractivity contribution in [3.8, 4) is 22.8 Å². The lowest BCUT2D eigenvalue weighted by molar-refractivity contribution is 0.371. The minimum Gasteiger partial charge on any atom is -0.504 e. The lowest BCUT2D eigenvalue weighted by Crippen LogP contribution is -2.01. The number of unbranched alkanes of at least 4 members (excludes halogenated alkanes) is 1. The van der Waals surface area contributed by atoms with Crippen molar-refractivity contribution in [1.82, 2.24) is 0 Å². The van der Waals surface area contributed by atoms with E-state index in [0.29, 0.717) is 11.1 Å². The Morgan fingerprint density at radius 3 is 2.48 bits per heavy atom. The van der Waals surface area contributed by atoms with Crippen LogP contribution in [0.15, 0.2) is 82.0 Å². The number of aromatic hydroxyl groups is 1. The van der Waals surface area contributed by atoms with Gasteiger partial charge in [0.2, 0.25) is 5.75 Å². The van der Waals surface area contributed by atoms with Gasteiger partial charge in [0.25, 0.3) is 0 Å². The van der Waals surface area contributed by atoms with Crippen LogP contribution in [0.25, 0.3) is 22.3 Å². The van der Waals surface area contributed by atoms with E-state index < -0.39 is 0 Å². The molecule has 5 heteroatoms. The highest BCUT2D eigenvalue weighted by molar-refractivity contribution is 7.47. The quantitative estimate of drug-likeness (QED) is 0.295. The predicted molar refractivity (Wildman–Crippen MR) is 128 cm³/mol. The van der Waals surface area contributed by atoms with Gasteiger partial charge in [0, 0.05) is 11.6 Å². The number of hydrogen-bond acceptors (Lipinski definition) is 4. The summed E-state index contributed by atoms with van der Waals surface area (Å²) in [7, 11) is 2.31. The van der Waals surface area contributed by atoms with Crippen LogP contribution >= 0.6 is 8.58 Å². The number of methoxy groups -OCH3 is 1. The number of rotatable bonds is 8. The average molecular weight is 432 g/mol. The Bertz CT molecular complexity index is 1210. The molecule has 0 saturated carbocycles. The van der Waals surface area contributed by atoms with Gasteiger partial charge in [-0.25, -0.2) is 0 Å². The van der Waals surface area contributed by atoms with Gasteiger partial charge in [-0.3, -0.25) is 4.79 Å².